The van der Waals surface area contributed by atoms with Crippen molar-refractivity contribution >= 4 is 12.1 Å². The summed E-state index contributed by atoms with van der Waals surface area (Å²) >= 11 is 0. The Morgan fingerprint density at radius 1 is 1.18 bits per heavy atom. The second kappa shape index (κ2) is 7.66. The molecule has 1 atom stereocenters. The highest BCUT2D eigenvalue weighted by Gasteiger charge is 2.28. The Hall–Kier alpha value is -2.83. The summed E-state index contributed by atoms with van der Waals surface area (Å²) in [7, 11) is 0. The first kappa shape index (κ1) is 18.5. The molecule has 1 aromatic carbocycles. The maximum absolute atomic E-state index is 13.5. The van der Waals surface area contributed by atoms with Gasteiger partial charge in [0.05, 0.1) is 18.3 Å². The molecule has 0 bridgehead atoms. The fraction of sp³-hybridized carbons (Fsp3) is 0.381. The quantitative estimate of drug-likeness (QED) is 0.708. The van der Waals surface area contributed by atoms with E-state index in [2.05, 4.69) is 23.0 Å². The summed E-state index contributed by atoms with van der Waals surface area (Å²) in [5.74, 6) is -1.50. The van der Waals surface area contributed by atoms with Gasteiger partial charge in [-0.15, -0.1) is 0 Å². The third-order valence-corrected chi connectivity index (χ3v) is 5.22. The molecule has 1 unspecified atom stereocenters. The molecule has 1 amide bonds. The van der Waals surface area contributed by atoms with Gasteiger partial charge in [-0.05, 0) is 48.9 Å². The molecule has 1 aromatic heterocycles. The Balaban J connectivity index is 1.34. The predicted molar refractivity (Wildman–Crippen MR) is 102 cm³/mol. The zero-order valence-corrected chi connectivity index (χ0v) is 15.6. The number of aromatic nitrogens is 2. The molecule has 7 heteroatoms. The number of aryl methyl sites for hydroxylation is 2. The summed E-state index contributed by atoms with van der Waals surface area (Å²) in [6.45, 7) is 4.65. The fourth-order valence-electron chi connectivity index (χ4n) is 3.85. The third-order valence-electron chi connectivity index (χ3n) is 5.22. The van der Waals surface area contributed by atoms with Gasteiger partial charge in [-0.2, -0.15) is 10.2 Å². The van der Waals surface area contributed by atoms with Gasteiger partial charge in [0.25, 0.3) is 0 Å². The number of nitrogens with zero attached hydrogens (tertiary/aromatic N) is 4. The van der Waals surface area contributed by atoms with E-state index in [1.165, 1.54) is 34.8 Å². The highest BCUT2D eigenvalue weighted by molar-refractivity contribution is 5.80. The molecule has 2 heterocycles. The minimum Gasteiger partial charge on any atom is -0.273 e. The Kier molecular flexibility index (Phi) is 5.07. The number of amides is 1. The summed E-state index contributed by atoms with van der Waals surface area (Å²) < 4.78 is 28.9. The van der Waals surface area contributed by atoms with Crippen LogP contribution in [0, 0.1) is 11.6 Å². The summed E-state index contributed by atoms with van der Waals surface area (Å²) in [6.07, 6.45) is 8.14. The number of benzene rings is 1. The Bertz CT molecular complexity index is 908. The van der Waals surface area contributed by atoms with Crippen LogP contribution in [-0.4, -0.2) is 26.9 Å². The van der Waals surface area contributed by atoms with Crippen LogP contribution in [-0.2, 0) is 24.2 Å². The van der Waals surface area contributed by atoms with E-state index < -0.39 is 17.7 Å². The van der Waals surface area contributed by atoms with E-state index in [-0.39, 0.29) is 12.3 Å². The van der Waals surface area contributed by atoms with Gasteiger partial charge >= 0.3 is 0 Å². The normalized spacial score (nSPS) is 17.9. The summed E-state index contributed by atoms with van der Waals surface area (Å²) in [5, 5.41) is 10.0. The van der Waals surface area contributed by atoms with E-state index in [4.69, 9.17) is 0 Å². The van der Waals surface area contributed by atoms with Gasteiger partial charge in [0, 0.05) is 31.3 Å². The lowest BCUT2D eigenvalue weighted by Crippen LogP contribution is -2.27. The molecule has 28 heavy (non-hydrogen) atoms. The molecule has 2 aliphatic rings. The number of carbonyl (C=O) groups is 1. The topological polar surface area (TPSA) is 50.5 Å². The SMILES string of the molecule is C=C(CCC(=O)N1N=CCC1c1cc(F)cc(F)c1)Cn1cc2c(n1)CCC2. The first-order valence-electron chi connectivity index (χ1n) is 9.52. The maximum Gasteiger partial charge on any atom is 0.243 e. The molecule has 0 saturated carbocycles. The monoisotopic (exact) mass is 384 g/mol. The average molecular weight is 384 g/mol. The highest BCUT2D eigenvalue weighted by atomic mass is 19.1. The van der Waals surface area contributed by atoms with Crippen LogP contribution in [0.15, 0.2) is 41.6 Å². The van der Waals surface area contributed by atoms with Crippen molar-refractivity contribution in [1.82, 2.24) is 14.8 Å². The zero-order valence-electron chi connectivity index (χ0n) is 15.6. The van der Waals surface area contributed by atoms with Crippen LogP contribution in [0.2, 0.25) is 0 Å². The molecule has 1 aliphatic carbocycles. The number of hydrogen-bond acceptors (Lipinski definition) is 3. The van der Waals surface area contributed by atoms with Gasteiger partial charge in [0.15, 0.2) is 0 Å². The number of hydrogen-bond donors (Lipinski definition) is 0. The van der Waals surface area contributed by atoms with E-state index in [9.17, 15) is 13.6 Å². The highest BCUT2D eigenvalue weighted by Crippen LogP contribution is 2.30. The molecule has 4 rings (SSSR count). The molecule has 0 radical (unpaired) electrons. The lowest BCUT2D eigenvalue weighted by molar-refractivity contribution is -0.133. The van der Waals surface area contributed by atoms with Gasteiger partial charge in [0.1, 0.15) is 11.6 Å². The van der Waals surface area contributed by atoms with Crippen molar-refractivity contribution in [1.29, 1.82) is 0 Å². The zero-order chi connectivity index (χ0) is 19.7. The Morgan fingerprint density at radius 2 is 1.96 bits per heavy atom. The van der Waals surface area contributed by atoms with Crippen LogP contribution in [0.25, 0.3) is 0 Å². The van der Waals surface area contributed by atoms with Crippen LogP contribution in [0.1, 0.15) is 48.5 Å². The van der Waals surface area contributed by atoms with Crippen molar-refractivity contribution < 1.29 is 13.6 Å². The third kappa shape index (κ3) is 3.88. The predicted octanol–water partition coefficient (Wildman–Crippen LogP) is 3.95. The summed E-state index contributed by atoms with van der Waals surface area (Å²) in [5.41, 5.74) is 3.79. The van der Waals surface area contributed by atoms with Gasteiger partial charge in [-0.25, -0.2) is 13.8 Å². The lowest BCUT2D eigenvalue weighted by Gasteiger charge is -2.22. The number of rotatable bonds is 6. The number of allylic oxidation sites excluding steroid dienone is 1. The maximum atomic E-state index is 13.5. The first-order chi connectivity index (χ1) is 13.5. The van der Waals surface area contributed by atoms with Crippen molar-refractivity contribution in [2.45, 2.75) is 51.1 Å². The Morgan fingerprint density at radius 3 is 2.71 bits per heavy atom. The molecular weight excluding hydrogens is 362 g/mol. The summed E-state index contributed by atoms with van der Waals surface area (Å²) in [4.78, 5) is 12.6. The molecule has 5 nitrogen and oxygen atoms in total. The molecule has 2 aromatic rings. The first-order valence-corrected chi connectivity index (χ1v) is 9.52. The van der Waals surface area contributed by atoms with Crippen LogP contribution in [0.4, 0.5) is 8.78 Å². The van der Waals surface area contributed by atoms with Crippen LogP contribution < -0.4 is 0 Å². The largest absolute Gasteiger partial charge is 0.273 e. The van der Waals surface area contributed by atoms with Crippen molar-refractivity contribution in [2.24, 2.45) is 5.10 Å². The van der Waals surface area contributed by atoms with Gasteiger partial charge in [-0.3, -0.25) is 9.48 Å². The summed E-state index contributed by atoms with van der Waals surface area (Å²) in [6, 6.07) is 2.85. The standard InChI is InChI=1S/C21H22F2N4O/c1-14(12-26-13-15-3-2-4-19(15)25-26)5-6-21(28)27-20(7-8-24-27)16-9-17(22)11-18(23)10-16/h8-11,13,20H,1-7,12H2. The van der Waals surface area contributed by atoms with Crippen LogP contribution >= 0.6 is 0 Å². The van der Waals surface area contributed by atoms with Crippen LogP contribution in [0.3, 0.4) is 0 Å². The minimum absolute atomic E-state index is 0.187. The van der Waals surface area contributed by atoms with E-state index in [1.54, 1.807) is 6.21 Å². The average Bonchev–Trinajstić information content (AvgIpc) is 3.34. The molecule has 1 aliphatic heterocycles. The van der Waals surface area contributed by atoms with E-state index in [1.807, 2.05) is 4.68 Å². The molecule has 0 fully saturated rings. The molecule has 0 saturated heterocycles. The van der Waals surface area contributed by atoms with Gasteiger partial charge < -0.3 is 0 Å². The number of halogens is 2. The number of carbonyl (C=O) groups excluding carboxylic acids is 1. The molecule has 146 valence electrons. The van der Waals surface area contributed by atoms with Gasteiger partial charge in [0.2, 0.25) is 5.91 Å². The Labute approximate surface area is 162 Å². The van der Waals surface area contributed by atoms with E-state index in [0.717, 1.165) is 24.5 Å². The van der Waals surface area contributed by atoms with Crippen molar-refractivity contribution in [3.8, 4) is 0 Å². The molecular formula is C21H22F2N4O. The second-order valence-electron chi connectivity index (χ2n) is 7.39. The lowest BCUT2D eigenvalue weighted by atomic mass is 10.0. The fourth-order valence-corrected chi connectivity index (χ4v) is 3.85. The van der Waals surface area contributed by atoms with Crippen molar-refractivity contribution in [3.63, 3.8) is 0 Å². The van der Waals surface area contributed by atoms with Crippen molar-refractivity contribution in [2.75, 3.05) is 0 Å². The van der Waals surface area contributed by atoms with Crippen LogP contribution in [0.5, 0.6) is 0 Å². The van der Waals surface area contributed by atoms with Crippen molar-refractivity contribution in [3.05, 3.63) is 65.0 Å². The van der Waals surface area contributed by atoms with E-state index in [0.29, 0.717) is 24.9 Å². The molecule has 0 spiro atoms. The second-order valence-corrected chi connectivity index (χ2v) is 7.39. The van der Waals surface area contributed by atoms with Gasteiger partial charge in [-0.1, -0.05) is 12.2 Å². The smallest absolute Gasteiger partial charge is 0.243 e. The number of fused-ring (bicyclic) bond motifs is 1. The minimum atomic E-state index is -0.659. The van der Waals surface area contributed by atoms with E-state index >= 15 is 0 Å². The number of hydrazone groups is 1. The molecule has 0 N–H and O–H groups in total.